The second-order valence-corrected chi connectivity index (χ2v) is 5.00. The zero-order valence-corrected chi connectivity index (χ0v) is 11.3. The highest BCUT2D eigenvalue weighted by atomic mass is 79.9. The molecule has 0 aliphatic carbocycles. The van der Waals surface area contributed by atoms with Gasteiger partial charge in [-0.15, -0.1) is 0 Å². The predicted molar refractivity (Wildman–Crippen MR) is 76.2 cm³/mol. The molecule has 2 N–H and O–H groups in total. The van der Waals surface area contributed by atoms with E-state index in [4.69, 9.17) is 5.73 Å². The monoisotopic (exact) mass is 301 g/mol. The van der Waals surface area contributed by atoms with E-state index < -0.39 is 0 Å². The largest absolute Gasteiger partial charge is 0.326 e. The normalized spacial score (nSPS) is 11.0. The molecule has 0 fully saturated rings. The van der Waals surface area contributed by atoms with Crippen LogP contribution < -0.4 is 5.73 Å². The standard InChI is InChI=1S/C14H12BrN3/c15-12-5-3-10(4-6-12)14-17-9-13-11(8-16)2-1-7-18(13)14/h1-7,9H,8,16H2. The zero-order chi connectivity index (χ0) is 12.5. The summed E-state index contributed by atoms with van der Waals surface area (Å²) in [4.78, 5) is 4.50. The first-order chi connectivity index (χ1) is 8.79. The summed E-state index contributed by atoms with van der Waals surface area (Å²) in [6, 6.07) is 12.2. The van der Waals surface area contributed by atoms with Crippen LogP contribution in [0.3, 0.4) is 0 Å². The Morgan fingerprint density at radius 2 is 1.94 bits per heavy atom. The number of pyridine rings is 1. The van der Waals surface area contributed by atoms with Gasteiger partial charge in [-0.2, -0.15) is 0 Å². The highest BCUT2D eigenvalue weighted by Crippen LogP contribution is 2.23. The molecule has 0 unspecified atom stereocenters. The summed E-state index contributed by atoms with van der Waals surface area (Å²) in [5.41, 5.74) is 9.00. The van der Waals surface area contributed by atoms with Gasteiger partial charge in [-0.1, -0.05) is 34.1 Å². The predicted octanol–water partition coefficient (Wildman–Crippen LogP) is 3.22. The van der Waals surface area contributed by atoms with Crippen molar-refractivity contribution in [3.8, 4) is 11.4 Å². The first-order valence-corrected chi connectivity index (χ1v) is 6.50. The Morgan fingerprint density at radius 3 is 2.67 bits per heavy atom. The van der Waals surface area contributed by atoms with Crippen LogP contribution >= 0.6 is 15.9 Å². The molecule has 18 heavy (non-hydrogen) atoms. The van der Waals surface area contributed by atoms with Crippen LogP contribution in [0.15, 0.2) is 53.3 Å². The Bertz CT molecular complexity index is 686. The van der Waals surface area contributed by atoms with E-state index >= 15 is 0 Å². The van der Waals surface area contributed by atoms with E-state index in [1.807, 2.05) is 48.8 Å². The van der Waals surface area contributed by atoms with E-state index in [0.717, 1.165) is 26.9 Å². The maximum atomic E-state index is 5.74. The van der Waals surface area contributed by atoms with Gasteiger partial charge in [0.05, 0.1) is 11.7 Å². The minimum Gasteiger partial charge on any atom is -0.326 e. The van der Waals surface area contributed by atoms with Crippen LogP contribution in [0.25, 0.3) is 16.9 Å². The SMILES string of the molecule is NCc1cccn2c(-c3ccc(Br)cc3)ncc12. The molecule has 0 saturated carbocycles. The van der Waals surface area contributed by atoms with E-state index in [9.17, 15) is 0 Å². The number of nitrogens with two attached hydrogens (primary N) is 1. The van der Waals surface area contributed by atoms with Crippen LogP contribution in [-0.4, -0.2) is 9.38 Å². The molecule has 2 heterocycles. The average Bonchev–Trinajstić information content (AvgIpc) is 2.83. The molecular weight excluding hydrogens is 290 g/mol. The highest BCUT2D eigenvalue weighted by molar-refractivity contribution is 9.10. The van der Waals surface area contributed by atoms with Gasteiger partial charge in [0.2, 0.25) is 0 Å². The van der Waals surface area contributed by atoms with E-state index in [1.54, 1.807) is 0 Å². The van der Waals surface area contributed by atoms with Crippen LogP contribution in [0.2, 0.25) is 0 Å². The summed E-state index contributed by atoms with van der Waals surface area (Å²) in [6.07, 6.45) is 3.89. The lowest BCUT2D eigenvalue weighted by molar-refractivity contribution is 1.05. The minimum atomic E-state index is 0.524. The second kappa shape index (κ2) is 4.55. The minimum absolute atomic E-state index is 0.524. The van der Waals surface area contributed by atoms with Gasteiger partial charge in [0.1, 0.15) is 5.82 Å². The molecule has 0 aliphatic heterocycles. The Hall–Kier alpha value is -1.65. The van der Waals surface area contributed by atoms with Crippen LogP contribution in [0, 0.1) is 0 Å². The van der Waals surface area contributed by atoms with Crippen LogP contribution in [-0.2, 0) is 6.54 Å². The molecule has 0 bridgehead atoms. The smallest absolute Gasteiger partial charge is 0.144 e. The maximum Gasteiger partial charge on any atom is 0.144 e. The molecule has 3 rings (SSSR count). The van der Waals surface area contributed by atoms with Gasteiger partial charge in [-0.05, 0) is 23.8 Å². The number of rotatable bonds is 2. The van der Waals surface area contributed by atoms with E-state index in [1.165, 1.54) is 0 Å². The van der Waals surface area contributed by atoms with Crippen molar-refractivity contribution >= 4 is 21.4 Å². The van der Waals surface area contributed by atoms with E-state index in [2.05, 4.69) is 25.3 Å². The second-order valence-electron chi connectivity index (χ2n) is 4.08. The van der Waals surface area contributed by atoms with E-state index in [-0.39, 0.29) is 0 Å². The number of halogens is 1. The Labute approximate surface area is 113 Å². The van der Waals surface area contributed by atoms with Crippen LogP contribution in [0.1, 0.15) is 5.56 Å². The fourth-order valence-corrected chi connectivity index (χ4v) is 2.33. The molecule has 90 valence electrons. The molecule has 0 atom stereocenters. The summed E-state index contributed by atoms with van der Waals surface area (Å²) >= 11 is 3.44. The third kappa shape index (κ3) is 1.83. The fraction of sp³-hybridized carbons (Fsp3) is 0.0714. The molecule has 3 nitrogen and oxygen atoms in total. The molecule has 4 heteroatoms. The average molecular weight is 302 g/mol. The van der Waals surface area contributed by atoms with Crippen LogP contribution in [0.5, 0.6) is 0 Å². The van der Waals surface area contributed by atoms with Crippen molar-refractivity contribution in [1.29, 1.82) is 0 Å². The summed E-state index contributed by atoms with van der Waals surface area (Å²) in [5.74, 6) is 0.938. The lowest BCUT2D eigenvalue weighted by atomic mass is 10.2. The molecule has 3 aromatic rings. The number of fused-ring (bicyclic) bond motifs is 1. The highest BCUT2D eigenvalue weighted by Gasteiger charge is 2.08. The molecule has 1 aromatic carbocycles. The van der Waals surface area contributed by atoms with Gasteiger partial charge in [-0.25, -0.2) is 4.98 Å². The zero-order valence-electron chi connectivity index (χ0n) is 9.68. The first kappa shape index (κ1) is 11.4. The molecule has 0 spiro atoms. The quantitative estimate of drug-likeness (QED) is 0.790. The Kier molecular flexibility index (Phi) is 2.89. The van der Waals surface area contributed by atoms with Crippen molar-refractivity contribution in [1.82, 2.24) is 9.38 Å². The molecule has 0 aliphatic rings. The summed E-state index contributed by atoms with van der Waals surface area (Å²) < 4.78 is 3.14. The van der Waals surface area contributed by atoms with Crippen molar-refractivity contribution in [3.05, 3.63) is 58.8 Å². The number of hydrogen-bond donors (Lipinski definition) is 1. The summed E-state index contributed by atoms with van der Waals surface area (Å²) in [6.45, 7) is 0.524. The molecule has 0 amide bonds. The maximum absolute atomic E-state index is 5.74. The topological polar surface area (TPSA) is 43.3 Å². The van der Waals surface area contributed by atoms with Gasteiger partial charge in [0, 0.05) is 22.8 Å². The summed E-state index contributed by atoms with van der Waals surface area (Å²) in [5, 5.41) is 0. The third-order valence-electron chi connectivity index (χ3n) is 2.98. The summed E-state index contributed by atoms with van der Waals surface area (Å²) in [7, 11) is 0. The van der Waals surface area contributed by atoms with Crippen LogP contribution in [0.4, 0.5) is 0 Å². The number of hydrogen-bond acceptors (Lipinski definition) is 2. The Balaban J connectivity index is 2.21. The van der Waals surface area contributed by atoms with Gasteiger partial charge in [0.25, 0.3) is 0 Å². The fourth-order valence-electron chi connectivity index (χ4n) is 2.07. The lowest BCUT2D eigenvalue weighted by Crippen LogP contribution is -1.99. The van der Waals surface area contributed by atoms with Gasteiger partial charge in [0.15, 0.2) is 0 Å². The molecule has 0 saturated heterocycles. The first-order valence-electron chi connectivity index (χ1n) is 5.70. The number of nitrogens with zero attached hydrogens (tertiary/aromatic N) is 2. The van der Waals surface area contributed by atoms with Crippen molar-refractivity contribution < 1.29 is 0 Å². The lowest BCUT2D eigenvalue weighted by Gasteiger charge is -2.04. The van der Waals surface area contributed by atoms with Crippen molar-refractivity contribution in [2.75, 3.05) is 0 Å². The van der Waals surface area contributed by atoms with E-state index in [0.29, 0.717) is 6.54 Å². The Morgan fingerprint density at radius 1 is 1.17 bits per heavy atom. The number of aromatic nitrogens is 2. The van der Waals surface area contributed by atoms with Gasteiger partial charge < -0.3 is 5.73 Å². The van der Waals surface area contributed by atoms with Gasteiger partial charge >= 0.3 is 0 Å². The third-order valence-corrected chi connectivity index (χ3v) is 3.51. The van der Waals surface area contributed by atoms with Gasteiger partial charge in [-0.3, -0.25) is 4.40 Å². The molecule has 2 aromatic heterocycles. The van der Waals surface area contributed by atoms with Crippen molar-refractivity contribution in [2.45, 2.75) is 6.54 Å². The number of benzene rings is 1. The molecule has 0 radical (unpaired) electrons. The van der Waals surface area contributed by atoms with Crippen molar-refractivity contribution in [3.63, 3.8) is 0 Å². The molecular formula is C14H12BrN3. The van der Waals surface area contributed by atoms with Crippen molar-refractivity contribution in [2.24, 2.45) is 5.73 Å². The number of imidazole rings is 1.